The molecule has 0 saturated heterocycles. The zero-order chi connectivity index (χ0) is 25.1. The Kier molecular flexibility index (Phi) is 4.88. The molecule has 2 N–H and O–H groups in total. The fourth-order valence-electron chi connectivity index (χ4n) is 5.66. The Morgan fingerprint density at radius 2 is 1.65 bits per heavy atom. The van der Waals surface area contributed by atoms with Crippen LogP contribution in [-0.2, 0) is 12.8 Å². The van der Waals surface area contributed by atoms with E-state index >= 15 is 0 Å². The van der Waals surface area contributed by atoms with Crippen molar-refractivity contribution in [2.45, 2.75) is 31.7 Å². The minimum absolute atomic E-state index is 0.0386. The summed E-state index contributed by atoms with van der Waals surface area (Å²) < 4.78 is 1.64. The van der Waals surface area contributed by atoms with Crippen LogP contribution < -0.4 is 10.4 Å². The van der Waals surface area contributed by atoms with Crippen LogP contribution in [0.25, 0.3) is 11.4 Å². The van der Waals surface area contributed by atoms with E-state index in [4.69, 9.17) is 0 Å². The van der Waals surface area contributed by atoms with Crippen LogP contribution in [0, 0.1) is 5.92 Å². The number of fused-ring (bicyclic) bond motifs is 3. The third-order valence-electron chi connectivity index (χ3n) is 7.67. The molecule has 2 aromatic heterocycles. The van der Waals surface area contributed by atoms with E-state index in [0.29, 0.717) is 19.1 Å². The predicted octanol–water partition coefficient (Wildman–Crippen LogP) is 2.38. The van der Waals surface area contributed by atoms with Crippen LogP contribution in [0.1, 0.15) is 51.6 Å². The van der Waals surface area contributed by atoms with Crippen molar-refractivity contribution in [2.24, 2.45) is 5.92 Å². The first-order valence-electron chi connectivity index (χ1n) is 12.5. The molecule has 1 amide bonds. The summed E-state index contributed by atoms with van der Waals surface area (Å²) >= 11 is 0. The van der Waals surface area contributed by atoms with Crippen molar-refractivity contribution in [1.29, 1.82) is 0 Å². The number of tetrazole rings is 1. The van der Waals surface area contributed by atoms with Crippen LogP contribution in [0.15, 0.2) is 59.5 Å². The van der Waals surface area contributed by atoms with Gasteiger partial charge in [0.1, 0.15) is 6.67 Å². The molecular formula is C27H25N7O3. The molecule has 2 aromatic carbocycles. The van der Waals surface area contributed by atoms with Crippen LogP contribution in [-0.4, -0.2) is 54.4 Å². The zero-order valence-corrected chi connectivity index (χ0v) is 20.0. The standard InChI is InChI=1S/C27H25N7O3/c35-24-21(26-28-30-31-29-26)14-33-23(25(24)36)27(37)32(13-16-9-10-16)15-34(33)22-19-7-3-1-5-17(19)11-12-18-6-2-4-8-20(18)22/h1-8,14,16,22,36H,9-13,15H2,(H,28,29,30,31). The molecule has 0 bridgehead atoms. The van der Waals surface area contributed by atoms with E-state index in [2.05, 4.69) is 62.0 Å². The normalized spacial score (nSPS) is 17.2. The van der Waals surface area contributed by atoms with Crippen LogP contribution in [0.5, 0.6) is 5.75 Å². The summed E-state index contributed by atoms with van der Waals surface area (Å²) in [6.45, 7) is 0.898. The summed E-state index contributed by atoms with van der Waals surface area (Å²) in [5.74, 6) is -0.454. The first-order valence-corrected chi connectivity index (χ1v) is 12.5. The van der Waals surface area contributed by atoms with Gasteiger partial charge in [-0.2, -0.15) is 5.21 Å². The van der Waals surface area contributed by atoms with E-state index in [1.54, 1.807) is 15.8 Å². The van der Waals surface area contributed by atoms with E-state index in [1.165, 1.54) is 11.1 Å². The number of aromatic amines is 1. The number of aryl methyl sites for hydroxylation is 2. The predicted molar refractivity (Wildman–Crippen MR) is 135 cm³/mol. The Morgan fingerprint density at radius 1 is 0.973 bits per heavy atom. The number of amides is 1. The van der Waals surface area contributed by atoms with Crippen LogP contribution in [0.3, 0.4) is 0 Å². The zero-order valence-electron chi connectivity index (χ0n) is 20.0. The maximum absolute atomic E-state index is 13.7. The molecule has 0 spiro atoms. The lowest BCUT2D eigenvalue weighted by molar-refractivity contribution is 0.0671. The highest BCUT2D eigenvalue weighted by Gasteiger charge is 2.40. The maximum atomic E-state index is 13.7. The Labute approximate surface area is 212 Å². The third-order valence-corrected chi connectivity index (χ3v) is 7.67. The molecule has 7 rings (SSSR count). The highest BCUT2D eigenvalue weighted by molar-refractivity contribution is 5.96. The molecule has 10 nitrogen and oxygen atoms in total. The number of aromatic nitrogens is 5. The van der Waals surface area contributed by atoms with Gasteiger partial charge in [-0.3, -0.25) is 19.3 Å². The topological polar surface area (TPSA) is 120 Å². The fraction of sp³-hybridized carbons (Fsp3) is 0.296. The van der Waals surface area contributed by atoms with Gasteiger partial charge in [0.25, 0.3) is 5.91 Å². The van der Waals surface area contributed by atoms with Gasteiger partial charge in [-0.15, -0.1) is 10.2 Å². The highest BCUT2D eigenvalue weighted by Crippen LogP contribution is 2.39. The van der Waals surface area contributed by atoms with E-state index in [1.807, 2.05) is 12.1 Å². The number of H-pyrrole nitrogens is 1. The number of benzene rings is 2. The first-order chi connectivity index (χ1) is 18.1. The lowest BCUT2D eigenvalue weighted by Crippen LogP contribution is -2.56. The van der Waals surface area contributed by atoms with Crippen molar-refractivity contribution < 1.29 is 9.90 Å². The monoisotopic (exact) mass is 495 g/mol. The molecule has 0 unspecified atom stereocenters. The summed E-state index contributed by atoms with van der Waals surface area (Å²) in [5, 5.41) is 27.1. The number of pyridine rings is 1. The smallest absolute Gasteiger partial charge is 0.277 e. The number of carbonyl (C=O) groups is 1. The molecule has 1 fully saturated rings. The largest absolute Gasteiger partial charge is 0.502 e. The lowest BCUT2D eigenvalue weighted by Gasteiger charge is -2.44. The molecule has 0 radical (unpaired) electrons. The number of carbonyl (C=O) groups excluding carboxylic acids is 1. The second-order valence-electron chi connectivity index (χ2n) is 10.0. The number of hydrogen-bond donors (Lipinski definition) is 2. The summed E-state index contributed by atoms with van der Waals surface area (Å²) in [6, 6.07) is 16.5. The van der Waals surface area contributed by atoms with Crippen LogP contribution >= 0.6 is 0 Å². The van der Waals surface area contributed by atoms with Crippen molar-refractivity contribution in [2.75, 3.05) is 18.2 Å². The molecule has 2 aliphatic carbocycles. The second kappa shape index (κ2) is 8.29. The first kappa shape index (κ1) is 21.8. The minimum atomic E-state index is -0.698. The molecular weight excluding hydrogens is 470 g/mol. The van der Waals surface area contributed by atoms with Gasteiger partial charge in [0.05, 0.1) is 11.6 Å². The Hall–Kier alpha value is -4.47. The Morgan fingerprint density at radius 3 is 2.27 bits per heavy atom. The van der Waals surface area contributed by atoms with Gasteiger partial charge in [-0.1, -0.05) is 48.5 Å². The maximum Gasteiger partial charge on any atom is 0.277 e. The number of nitrogens with one attached hydrogen (secondary N) is 1. The Balaban J connectivity index is 1.49. The van der Waals surface area contributed by atoms with E-state index in [-0.39, 0.29) is 29.0 Å². The number of rotatable bonds is 4. The molecule has 0 atom stereocenters. The molecule has 186 valence electrons. The van der Waals surface area contributed by atoms with Crippen molar-refractivity contribution in [3.05, 3.63) is 92.9 Å². The van der Waals surface area contributed by atoms with E-state index < -0.39 is 11.2 Å². The van der Waals surface area contributed by atoms with Gasteiger partial charge in [0.2, 0.25) is 11.3 Å². The molecule has 1 aliphatic heterocycles. The van der Waals surface area contributed by atoms with Gasteiger partial charge < -0.3 is 10.0 Å². The SMILES string of the molecule is O=C1c2c(O)c(=O)c(-c3nn[nH]n3)cn2N(C2c3ccccc3CCc3ccccc32)CN1CC1CC1. The summed E-state index contributed by atoms with van der Waals surface area (Å²) in [7, 11) is 0. The van der Waals surface area contributed by atoms with E-state index in [9.17, 15) is 14.7 Å². The van der Waals surface area contributed by atoms with Gasteiger partial charge >= 0.3 is 0 Å². The molecule has 1 saturated carbocycles. The average Bonchev–Trinajstić information content (AvgIpc) is 3.61. The van der Waals surface area contributed by atoms with Crippen molar-refractivity contribution in [3.8, 4) is 17.1 Å². The van der Waals surface area contributed by atoms with Crippen molar-refractivity contribution in [3.63, 3.8) is 0 Å². The van der Waals surface area contributed by atoms with Gasteiger partial charge in [0.15, 0.2) is 11.4 Å². The van der Waals surface area contributed by atoms with Crippen molar-refractivity contribution >= 4 is 5.91 Å². The molecule has 3 aliphatic rings. The number of aromatic hydroxyl groups is 1. The fourth-order valence-corrected chi connectivity index (χ4v) is 5.66. The van der Waals surface area contributed by atoms with Gasteiger partial charge in [0, 0.05) is 12.7 Å². The molecule has 3 heterocycles. The number of nitrogens with zero attached hydrogens (tertiary/aromatic N) is 6. The Bertz CT molecular complexity index is 1530. The summed E-state index contributed by atoms with van der Waals surface area (Å²) in [4.78, 5) is 28.6. The molecule has 4 aromatic rings. The highest BCUT2D eigenvalue weighted by atomic mass is 16.3. The summed E-state index contributed by atoms with van der Waals surface area (Å²) in [6.07, 6.45) is 5.52. The lowest BCUT2D eigenvalue weighted by atomic mass is 9.94. The molecule has 10 heteroatoms. The van der Waals surface area contributed by atoms with Gasteiger partial charge in [-0.25, -0.2) is 0 Å². The third kappa shape index (κ3) is 3.51. The van der Waals surface area contributed by atoms with E-state index in [0.717, 1.165) is 36.8 Å². The van der Waals surface area contributed by atoms with Crippen molar-refractivity contribution in [1.82, 2.24) is 30.2 Å². The summed E-state index contributed by atoms with van der Waals surface area (Å²) in [5.41, 5.74) is 4.08. The van der Waals surface area contributed by atoms with Crippen LogP contribution in [0.2, 0.25) is 0 Å². The minimum Gasteiger partial charge on any atom is -0.502 e. The van der Waals surface area contributed by atoms with Crippen LogP contribution in [0.4, 0.5) is 0 Å². The number of hydrogen-bond acceptors (Lipinski definition) is 7. The average molecular weight is 496 g/mol. The molecule has 37 heavy (non-hydrogen) atoms. The van der Waals surface area contributed by atoms with Gasteiger partial charge in [-0.05, 0) is 59.1 Å². The second-order valence-corrected chi connectivity index (χ2v) is 10.0. The quantitative estimate of drug-likeness (QED) is 0.446.